The monoisotopic (exact) mass is 381 g/mol. The summed E-state index contributed by atoms with van der Waals surface area (Å²) in [6, 6.07) is 14.7. The molecule has 0 spiro atoms. The molecule has 3 amide bonds. The second-order valence-corrected chi connectivity index (χ2v) is 7.13. The molecule has 1 aliphatic rings. The number of halogens is 1. The van der Waals surface area contributed by atoms with Crippen molar-refractivity contribution in [2.45, 2.75) is 19.0 Å². The minimum Gasteiger partial charge on any atom is -0.325 e. The smallest absolute Gasteiger partial charge is 0.325 e. The van der Waals surface area contributed by atoms with E-state index < -0.39 is 12.1 Å². The van der Waals surface area contributed by atoms with E-state index in [0.717, 1.165) is 16.1 Å². The van der Waals surface area contributed by atoms with Crippen LogP contribution in [0.5, 0.6) is 0 Å². The number of rotatable bonds is 5. The van der Waals surface area contributed by atoms with Crippen molar-refractivity contribution in [3.63, 3.8) is 0 Å². The van der Waals surface area contributed by atoms with Crippen LogP contribution in [-0.2, 0) is 17.8 Å². The van der Waals surface area contributed by atoms with Gasteiger partial charge in [0, 0.05) is 17.4 Å². The Morgan fingerprint density at radius 3 is 2.56 bits per heavy atom. The Balaban J connectivity index is 1.45. The van der Waals surface area contributed by atoms with Crippen molar-refractivity contribution in [3.8, 4) is 10.6 Å². The molecule has 0 radical (unpaired) electrons. The summed E-state index contributed by atoms with van der Waals surface area (Å²) in [6.45, 7) is 0.119. The first kappa shape index (κ1) is 17.4. The fraction of sp³-hybridized carbons (Fsp3) is 0.150. The van der Waals surface area contributed by atoms with Gasteiger partial charge in [-0.05, 0) is 29.8 Å². The molecule has 3 aromatic rings. The zero-order valence-corrected chi connectivity index (χ0v) is 15.1. The Kier molecular flexibility index (Phi) is 4.68. The Morgan fingerprint density at radius 2 is 1.81 bits per heavy atom. The molecule has 136 valence electrons. The van der Waals surface area contributed by atoms with Gasteiger partial charge >= 0.3 is 6.03 Å². The molecule has 7 heteroatoms. The summed E-state index contributed by atoms with van der Waals surface area (Å²) < 4.78 is 13.1. The molecule has 1 N–H and O–H groups in total. The highest BCUT2D eigenvalue weighted by molar-refractivity contribution is 7.13. The van der Waals surface area contributed by atoms with Crippen LogP contribution in [0.4, 0.5) is 9.18 Å². The fourth-order valence-electron chi connectivity index (χ4n) is 2.98. The lowest BCUT2D eigenvalue weighted by Crippen LogP contribution is -2.32. The first-order valence-electron chi connectivity index (χ1n) is 8.46. The number of urea groups is 1. The van der Waals surface area contributed by atoms with Gasteiger partial charge in [0.15, 0.2) is 0 Å². The van der Waals surface area contributed by atoms with E-state index in [1.165, 1.54) is 28.4 Å². The molecule has 2 heterocycles. The number of carbonyl (C=O) groups is 2. The molecular formula is C20H16FN3O2S. The van der Waals surface area contributed by atoms with E-state index in [4.69, 9.17) is 0 Å². The lowest BCUT2D eigenvalue weighted by atomic mass is 10.1. The summed E-state index contributed by atoms with van der Waals surface area (Å²) in [5.41, 5.74) is 2.42. The van der Waals surface area contributed by atoms with E-state index in [1.807, 2.05) is 35.7 Å². The van der Waals surface area contributed by atoms with E-state index in [-0.39, 0.29) is 18.3 Å². The molecule has 0 saturated carbocycles. The third-order valence-electron chi connectivity index (χ3n) is 4.35. The number of amides is 3. The maximum atomic E-state index is 13.1. The minimum absolute atomic E-state index is 0.119. The largest absolute Gasteiger partial charge is 0.325 e. The van der Waals surface area contributed by atoms with Crippen LogP contribution >= 0.6 is 11.3 Å². The highest BCUT2D eigenvalue weighted by Crippen LogP contribution is 2.25. The van der Waals surface area contributed by atoms with Crippen molar-refractivity contribution in [3.05, 3.63) is 77.1 Å². The molecule has 5 nitrogen and oxygen atoms in total. The first-order chi connectivity index (χ1) is 13.1. The van der Waals surface area contributed by atoms with E-state index in [2.05, 4.69) is 10.3 Å². The Morgan fingerprint density at radius 1 is 1.07 bits per heavy atom. The van der Waals surface area contributed by atoms with Crippen molar-refractivity contribution >= 4 is 23.3 Å². The van der Waals surface area contributed by atoms with Gasteiger partial charge < -0.3 is 5.32 Å². The van der Waals surface area contributed by atoms with Gasteiger partial charge in [0.25, 0.3) is 5.91 Å². The molecule has 1 fully saturated rings. The first-order valence-corrected chi connectivity index (χ1v) is 9.34. The molecule has 2 aromatic carbocycles. The molecule has 0 aliphatic carbocycles. The SMILES string of the molecule is O=C1NC(Cc2ccccc2)C(=O)N1Cc1csc(-c2ccc(F)cc2)n1. The van der Waals surface area contributed by atoms with Gasteiger partial charge in [0.2, 0.25) is 0 Å². The Bertz CT molecular complexity index is 972. The molecule has 1 aliphatic heterocycles. The number of nitrogens with zero attached hydrogens (tertiary/aromatic N) is 2. The van der Waals surface area contributed by atoms with E-state index in [9.17, 15) is 14.0 Å². The van der Waals surface area contributed by atoms with E-state index in [0.29, 0.717) is 12.1 Å². The van der Waals surface area contributed by atoms with E-state index >= 15 is 0 Å². The Hall–Kier alpha value is -3.06. The average Bonchev–Trinajstić information content (AvgIpc) is 3.24. The summed E-state index contributed by atoms with van der Waals surface area (Å²) in [5, 5.41) is 5.27. The summed E-state index contributed by atoms with van der Waals surface area (Å²) in [5.74, 6) is -0.556. The fourth-order valence-corrected chi connectivity index (χ4v) is 3.80. The van der Waals surface area contributed by atoms with E-state index in [1.54, 1.807) is 12.1 Å². The van der Waals surface area contributed by atoms with Crippen molar-refractivity contribution in [2.24, 2.45) is 0 Å². The minimum atomic E-state index is -0.560. The number of hydrogen-bond acceptors (Lipinski definition) is 4. The zero-order valence-electron chi connectivity index (χ0n) is 14.3. The van der Waals surface area contributed by atoms with Crippen molar-refractivity contribution in [2.75, 3.05) is 0 Å². The van der Waals surface area contributed by atoms with Crippen LogP contribution < -0.4 is 5.32 Å². The third-order valence-corrected chi connectivity index (χ3v) is 5.29. The van der Waals surface area contributed by atoms with Crippen molar-refractivity contribution in [1.82, 2.24) is 15.2 Å². The van der Waals surface area contributed by atoms with Gasteiger partial charge in [0.1, 0.15) is 16.9 Å². The van der Waals surface area contributed by atoms with Gasteiger partial charge in [-0.1, -0.05) is 30.3 Å². The normalized spacial score (nSPS) is 16.6. The predicted octanol–water partition coefficient (Wildman–Crippen LogP) is 3.61. The molecule has 4 rings (SSSR count). The number of aromatic nitrogens is 1. The number of benzene rings is 2. The van der Waals surface area contributed by atoms with Gasteiger partial charge in [-0.25, -0.2) is 14.2 Å². The maximum Gasteiger partial charge on any atom is 0.325 e. The molecule has 1 saturated heterocycles. The Labute approximate surface area is 159 Å². The number of imide groups is 1. The molecular weight excluding hydrogens is 365 g/mol. The summed E-state index contributed by atoms with van der Waals surface area (Å²) in [6.07, 6.45) is 0.458. The van der Waals surface area contributed by atoms with Crippen LogP contribution in [-0.4, -0.2) is 27.9 Å². The zero-order chi connectivity index (χ0) is 18.8. The third kappa shape index (κ3) is 3.73. The predicted molar refractivity (Wildman–Crippen MR) is 101 cm³/mol. The quantitative estimate of drug-likeness (QED) is 0.687. The van der Waals surface area contributed by atoms with Crippen LogP contribution in [0.1, 0.15) is 11.3 Å². The molecule has 0 bridgehead atoms. The van der Waals surface area contributed by atoms with Crippen LogP contribution in [0, 0.1) is 5.82 Å². The van der Waals surface area contributed by atoms with Crippen LogP contribution in [0.3, 0.4) is 0 Å². The molecule has 1 aromatic heterocycles. The summed E-state index contributed by atoms with van der Waals surface area (Å²) in [4.78, 5) is 30.5. The lowest BCUT2D eigenvalue weighted by molar-refractivity contribution is -0.127. The van der Waals surface area contributed by atoms with Gasteiger partial charge in [0.05, 0.1) is 12.2 Å². The molecule has 1 atom stereocenters. The standard InChI is InChI=1S/C20H16FN3O2S/c21-15-8-6-14(7-9-15)18-22-16(12-27-18)11-24-19(25)17(23-20(24)26)10-13-4-2-1-3-5-13/h1-9,12,17H,10-11H2,(H,23,26). The summed E-state index contributed by atoms with van der Waals surface area (Å²) >= 11 is 1.39. The number of nitrogens with one attached hydrogen (secondary N) is 1. The van der Waals surface area contributed by atoms with Crippen LogP contribution in [0.15, 0.2) is 60.0 Å². The van der Waals surface area contributed by atoms with Crippen molar-refractivity contribution < 1.29 is 14.0 Å². The number of thiazole rings is 1. The summed E-state index contributed by atoms with van der Waals surface area (Å²) in [7, 11) is 0. The highest BCUT2D eigenvalue weighted by Gasteiger charge is 2.38. The second kappa shape index (κ2) is 7.28. The highest BCUT2D eigenvalue weighted by atomic mass is 32.1. The lowest BCUT2D eigenvalue weighted by Gasteiger charge is -2.11. The van der Waals surface area contributed by atoms with Crippen LogP contribution in [0.2, 0.25) is 0 Å². The van der Waals surface area contributed by atoms with Gasteiger partial charge in [-0.2, -0.15) is 0 Å². The van der Waals surface area contributed by atoms with Gasteiger partial charge in [-0.3, -0.25) is 9.69 Å². The molecule has 1 unspecified atom stereocenters. The van der Waals surface area contributed by atoms with Crippen LogP contribution in [0.25, 0.3) is 10.6 Å². The average molecular weight is 381 g/mol. The second-order valence-electron chi connectivity index (χ2n) is 6.27. The van der Waals surface area contributed by atoms with Crippen molar-refractivity contribution in [1.29, 1.82) is 0 Å². The topological polar surface area (TPSA) is 62.3 Å². The number of carbonyl (C=O) groups excluding carboxylic acids is 2. The molecule has 27 heavy (non-hydrogen) atoms. The van der Waals surface area contributed by atoms with Gasteiger partial charge in [-0.15, -0.1) is 11.3 Å². The maximum absolute atomic E-state index is 13.1. The number of hydrogen-bond donors (Lipinski definition) is 1.